The number of hydrogen-bond donors (Lipinski definition) is 2. The number of carbonyl (C=O) groups is 3. The Morgan fingerprint density at radius 3 is 1.72 bits per heavy atom. The number of rotatable bonds is 8. The first-order chi connectivity index (χ1) is 26.0. The predicted molar refractivity (Wildman–Crippen MR) is 202 cm³/mol. The molecule has 11 heteroatoms. The minimum atomic E-state index is -0.820. The highest BCUT2D eigenvalue weighted by Gasteiger charge is 2.37. The van der Waals surface area contributed by atoms with E-state index in [9.17, 15) is 14.4 Å². The number of ether oxygens (including phenoxy) is 1. The topological polar surface area (TPSA) is 137 Å². The average molecular weight is 710 g/mol. The van der Waals surface area contributed by atoms with Gasteiger partial charge in [-0.3, -0.25) is 9.59 Å². The van der Waals surface area contributed by atoms with Crippen molar-refractivity contribution in [1.82, 2.24) is 29.7 Å². The van der Waals surface area contributed by atoms with Crippen LogP contribution in [0.1, 0.15) is 80.7 Å². The summed E-state index contributed by atoms with van der Waals surface area (Å²) in [6.45, 7) is 1.35. The molecule has 2 aromatic heterocycles. The van der Waals surface area contributed by atoms with Crippen LogP contribution in [0.15, 0.2) is 96.2 Å². The van der Waals surface area contributed by atoms with Crippen LogP contribution in [0.3, 0.4) is 0 Å². The maximum absolute atomic E-state index is 13.8. The van der Waals surface area contributed by atoms with Crippen molar-refractivity contribution in [3.8, 4) is 33.6 Å². The molecule has 0 spiro atoms. The molecule has 11 nitrogen and oxygen atoms in total. The molecule has 5 aromatic rings. The van der Waals surface area contributed by atoms with Crippen molar-refractivity contribution in [2.24, 2.45) is 10.9 Å². The van der Waals surface area contributed by atoms with Gasteiger partial charge in [-0.05, 0) is 60.8 Å². The van der Waals surface area contributed by atoms with E-state index in [1.807, 2.05) is 12.3 Å². The fourth-order valence-electron chi connectivity index (χ4n) is 8.11. The normalized spacial score (nSPS) is 19.2. The molecule has 2 atom stereocenters. The van der Waals surface area contributed by atoms with Gasteiger partial charge in [-0.2, -0.15) is 4.99 Å². The van der Waals surface area contributed by atoms with Crippen molar-refractivity contribution in [2.75, 3.05) is 20.2 Å². The number of aromatic nitrogens is 4. The molecule has 53 heavy (non-hydrogen) atoms. The summed E-state index contributed by atoms with van der Waals surface area (Å²) in [5, 5.41) is 0. The zero-order valence-corrected chi connectivity index (χ0v) is 29.8. The number of nitrogens with one attached hydrogen (secondary N) is 2. The van der Waals surface area contributed by atoms with Gasteiger partial charge in [0.1, 0.15) is 17.4 Å². The molecular formula is C42H43N7O4. The Kier molecular flexibility index (Phi) is 9.71. The van der Waals surface area contributed by atoms with Gasteiger partial charge in [0.15, 0.2) is 0 Å². The summed E-state index contributed by atoms with van der Waals surface area (Å²) in [6, 6.07) is 25.5. The summed E-state index contributed by atoms with van der Waals surface area (Å²) >= 11 is 0. The molecule has 3 aliphatic rings. The fraction of sp³-hybridized carbons (Fsp3) is 0.333. The summed E-state index contributed by atoms with van der Waals surface area (Å²) in [6.07, 6.45) is 10.7. The maximum Gasteiger partial charge on any atom is 0.434 e. The van der Waals surface area contributed by atoms with E-state index in [4.69, 9.17) is 9.72 Å². The third-order valence-electron chi connectivity index (χ3n) is 10.9. The minimum Gasteiger partial charge on any atom is -0.451 e. The lowest BCUT2D eigenvalue weighted by Gasteiger charge is -2.26. The number of methoxy groups -OCH3 is 1. The third kappa shape index (κ3) is 7.03. The first-order valence-corrected chi connectivity index (χ1v) is 18.6. The van der Waals surface area contributed by atoms with Crippen LogP contribution < -0.4 is 0 Å². The molecule has 1 aliphatic carbocycles. The first-order valence-electron chi connectivity index (χ1n) is 18.6. The molecule has 0 bridgehead atoms. The van der Waals surface area contributed by atoms with E-state index in [0.29, 0.717) is 23.8 Å². The van der Waals surface area contributed by atoms with Crippen LogP contribution in [-0.2, 0) is 14.3 Å². The second-order valence-electron chi connectivity index (χ2n) is 14.1. The number of imidazole rings is 2. The number of aliphatic imine (C=N–C) groups is 1. The Labute approximate surface area is 308 Å². The zero-order chi connectivity index (χ0) is 36.3. The molecular weight excluding hydrogens is 667 g/mol. The maximum atomic E-state index is 13.8. The van der Waals surface area contributed by atoms with Crippen LogP contribution in [0.25, 0.3) is 33.6 Å². The fourth-order valence-corrected chi connectivity index (χ4v) is 8.11. The lowest BCUT2D eigenvalue weighted by molar-refractivity contribution is -0.136. The van der Waals surface area contributed by atoms with Gasteiger partial charge in [-0.1, -0.05) is 91.7 Å². The Bertz CT molecular complexity index is 2110. The van der Waals surface area contributed by atoms with Crippen molar-refractivity contribution in [3.05, 3.63) is 108 Å². The van der Waals surface area contributed by atoms with Crippen LogP contribution in [0, 0.1) is 5.92 Å². The highest BCUT2D eigenvalue weighted by atomic mass is 16.5. The van der Waals surface area contributed by atoms with Gasteiger partial charge in [-0.25, -0.2) is 14.8 Å². The number of H-pyrrole nitrogens is 2. The van der Waals surface area contributed by atoms with Crippen molar-refractivity contribution in [1.29, 1.82) is 0 Å². The Balaban J connectivity index is 0.937. The molecule has 3 amide bonds. The zero-order valence-electron chi connectivity index (χ0n) is 29.8. The van der Waals surface area contributed by atoms with Crippen LogP contribution in [0.2, 0.25) is 0 Å². The number of amides is 3. The van der Waals surface area contributed by atoms with Gasteiger partial charge in [0.25, 0.3) is 5.91 Å². The van der Waals surface area contributed by atoms with Gasteiger partial charge >= 0.3 is 6.09 Å². The summed E-state index contributed by atoms with van der Waals surface area (Å²) in [5.74, 6) is 1.72. The molecule has 2 saturated heterocycles. The van der Waals surface area contributed by atoms with E-state index in [2.05, 4.69) is 73.4 Å². The van der Waals surface area contributed by atoms with E-state index in [0.717, 1.165) is 97.4 Å². The second kappa shape index (κ2) is 15.0. The van der Waals surface area contributed by atoms with Crippen molar-refractivity contribution in [2.45, 2.75) is 63.5 Å². The highest BCUT2D eigenvalue weighted by molar-refractivity contribution is 6.46. The van der Waals surface area contributed by atoms with Gasteiger partial charge in [0, 0.05) is 24.6 Å². The number of aromatic amines is 2. The minimum absolute atomic E-state index is 0.0279. The van der Waals surface area contributed by atoms with E-state index >= 15 is 0 Å². The van der Waals surface area contributed by atoms with Crippen molar-refractivity contribution < 1.29 is 19.1 Å². The molecule has 2 N–H and O–H groups in total. The summed E-state index contributed by atoms with van der Waals surface area (Å²) in [4.78, 5) is 63.3. The van der Waals surface area contributed by atoms with Crippen molar-refractivity contribution >= 4 is 23.6 Å². The Hall–Kier alpha value is -5.84. The average Bonchev–Trinajstić information content (AvgIpc) is 4.06. The quantitative estimate of drug-likeness (QED) is 0.157. The van der Waals surface area contributed by atoms with Crippen LogP contribution in [0.4, 0.5) is 4.79 Å². The number of carbonyl (C=O) groups excluding carboxylic acids is 3. The lowest BCUT2D eigenvalue weighted by Crippen LogP contribution is -2.37. The van der Waals surface area contributed by atoms with Crippen LogP contribution in [-0.4, -0.2) is 73.6 Å². The van der Waals surface area contributed by atoms with Gasteiger partial charge in [0.2, 0.25) is 5.91 Å². The number of benzene rings is 3. The molecule has 3 fully saturated rings. The molecule has 0 radical (unpaired) electrons. The standard InChI is InChI=1S/C42H43N7O4/c1-53-42(52)47-37(31-9-3-2-4-10-31)41(51)49-24-8-14-36(49)39-44-26-34(46-39)30-21-17-28(18-22-30)27-15-19-29(20-16-27)33-25-43-38(45-33)35-13-7-23-48(35)40(50)32-11-5-6-12-32/h2-4,9-10,15-22,25-26,32,35-36H,5-8,11-14,23-24H2,1H3,(H,43,45)(H,44,46)/t35-,36-/m0/s1. The van der Waals surface area contributed by atoms with Gasteiger partial charge in [-0.15, -0.1) is 0 Å². The van der Waals surface area contributed by atoms with E-state index in [1.54, 1.807) is 35.4 Å². The molecule has 3 aromatic carbocycles. The second-order valence-corrected chi connectivity index (χ2v) is 14.1. The van der Waals surface area contributed by atoms with Gasteiger partial charge in [0.05, 0.1) is 43.0 Å². The molecule has 4 heterocycles. The smallest absolute Gasteiger partial charge is 0.434 e. The number of hydrogen-bond acceptors (Lipinski definition) is 6. The Morgan fingerprint density at radius 2 is 1.17 bits per heavy atom. The Morgan fingerprint density at radius 1 is 0.660 bits per heavy atom. The third-order valence-corrected chi connectivity index (χ3v) is 10.9. The van der Waals surface area contributed by atoms with Gasteiger partial charge < -0.3 is 24.5 Å². The lowest BCUT2D eigenvalue weighted by atomic mass is 10.0. The highest BCUT2D eigenvalue weighted by Crippen LogP contribution is 2.37. The molecule has 8 rings (SSSR count). The molecule has 1 saturated carbocycles. The summed E-state index contributed by atoms with van der Waals surface area (Å²) in [7, 11) is 1.24. The number of nitrogens with zero attached hydrogens (tertiary/aromatic N) is 5. The van der Waals surface area contributed by atoms with Crippen LogP contribution in [0.5, 0.6) is 0 Å². The van der Waals surface area contributed by atoms with E-state index < -0.39 is 6.09 Å². The molecule has 270 valence electrons. The first kappa shape index (κ1) is 34.3. The van der Waals surface area contributed by atoms with E-state index in [1.165, 1.54) is 7.11 Å². The number of likely N-dealkylation sites (tertiary alicyclic amines) is 2. The molecule has 2 aliphatic heterocycles. The van der Waals surface area contributed by atoms with Crippen LogP contribution >= 0.6 is 0 Å². The predicted octanol–water partition coefficient (Wildman–Crippen LogP) is 7.91. The monoisotopic (exact) mass is 709 g/mol. The van der Waals surface area contributed by atoms with E-state index in [-0.39, 0.29) is 29.6 Å². The SMILES string of the molecule is COC(=O)N=C(C(=O)N1CCC[C@H]1c1ncc(-c2ccc(-c3ccc(-c4cnc([C@@H]5CCCN5C(=O)C5CCCC5)[nH]4)cc3)cc2)[nH]1)c1ccccc1. The molecule has 0 unspecified atom stereocenters. The summed E-state index contributed by atoms with van der Waals surface area (Å²) < 4.78 is 4.75. The largest absolute Gasteiger partial charge is 0.451 e. The summed E-state index contributed by atoms with van der Waals surface area (Å²) in [5.41, 5.74) is 6.62. The van der Waals surface area contributed by atoms with Crippen molar-refractivity contribution in [3.63, 3.8) is 0 Å².